The Hall–Kier alpha value is -1.13. The van der Waals surface area contributed by atoms with Gasteiger partial charge >= 0.3 is 0 Å². The molecular weight excluding hydrogens is 171 g/mol. The van der Waals surface area contributed by atoms with E-state index in [1.807, 2.05) is 0 Å². The highest BCUT2D eigenvalue weighted by Crippen LogP contribution is 2.26. The Morgan fingerprint density at radius 1 is 1.54 bits per heavy atom. The third-order valence-electron chi connectivity index (χ3n) is 1.95. The van der Waals surface area contributed by atoms with Gasteiger partial charge in [-0.1, -0.05) is 6.07 Å². The molecule has 0 aliphatic heterocycles. The van der Waals surface area contributed by atoms with Crippen LogP contribution in [0.4, 0.5) is 10.1 Å². The Kier molecular flexibility index (Phi) is 2.54. The van der Waals surface area contributed by atoms with E-state index < -0.39 is 11.4 Å². The Bertz CT molecular complexity index is 292. The van der Waals surface area contributed by atoms with Gasteiger partial charge in [0, 0.05) is 11.3 Å². The lowest BCUT2D eigenvalue weighted by Gasteiger charge is -2.24. The molecule has 0 amide bonds. The van der Waals surface area contributed by atoms with Gasteiger partial charge in [-0.3, -0.25) is 0 Å². The van der Waals surface area contributed by atoms with Gasteiger partial charge in [-0.25, -0.2) is 4.39 Å². The molecule has 0 aliphatic carbocycles. The lowest BCUT2D eigenvalue weighted by atomic mass is 9.92. The molecule has 5 N–H and O–H groups in total. The highest BCUT2D eigenvalue weighted by molar-refractivity contribution is 5.50. The number of hydrogen-bond donors (Lipinski definition) is 3. The van der Waals surface area contributed by atoms with Crippen LogP contribution in [0.3, 0.4) is 0 Å². The summed E-state index contributed by atoms with van der Waals surface area (Å²) in [4.78, 5) is 0. The van der Waals surface area contributed by atoms with Crippen molar-refractivity contribution in [3.05, 3.63) is 29.6 Å². The number of anilines is 1. The number of halogens is 1. The van der Waals surface area contributed by atoms with E-state index in [0.717, 1.165) is 0 Å². The van der Waals surface area contributed by atoms with Crippen molar-refractivity contribution in [3.8, 4) is 0 Å². The molecule has 0 fully saturated rings. The second-order valence-electron chi connectivity index (χ2n) is 3.28. The van der Waals surface area contributed by atoms with Crippen molar-refractivity contribution in [2.24, 2.45) is 5.73 Å². The van der Waals surface area contributed by atoms with Crippen LogP contribution in [0.1, 0.15) is 12.5 Å². The van der Waals surface area contributed by atoms with Crippen LogP contribution < -0.4 is 11.5 Å². The van der Waals surface area contributed by atoms with Crippen molar-refractivity contribution in [2.75, 3.05) is 12.3 Å². The minimum absolute atomic E-state index is 0.164. The summed E-state index contributed by atoms with van der Waals surface area (Å²) in [6.45, 7) is 1.18. The maximum absolute atomic E-state index is 13.3. The highest BCUT2D eigenvalue weighted by Gasteiger charge is 2.25. The molecule has 1 atom stereocenters. The molecule has 1 rings (SSSR count). The molecule has 13 heavy (non-hydrogen) atoms. The maximum Gasteiger partial charge on any atom is 0.130 e. The van der Waals surface area contributed by atoms with Crippen molar-refractivity contribution in [1.29, 1.82) is 0 Å². The van der Waals surface area contributed by atoms with E-state index in [4.69, 9.17) is 16.6 Å². The lowest BCUT2D eigenvalue weighted by molar-refractivity contribution is 0.207. The number of rotatable bonds is 2. The molecule has 0 bridgehead atoms. The molecule has 0 heterocycles. The molecule has 1 unspecified atom stereocenters. The van der Waals surface area contributed by atoms with Gasteiger partial charge in [0.15, 0.2) is 0 Å². The molecular formula is C9H13FN2O. The van der Waals surface area contributed by atoms with Gasteiger partial charge in [0.05, 0.1) is 12.1 Å². The molecule has 0 aromatic heterocycles. The van der Waals surface area contributed by atoms with E-state index in [-0.39, 0.29) is 17.9 Å². The number of benzene rings is 1. The first kappa shape index (κ1) is 9.95. The molecule has 1 aromatic rings. The van der Waals surface area contributed by atoms with Crippen LogP contribution in [0.25, 0.3) is 0 Å². The first-order valence-corrected chi connectivity index (χ1v) is 3.93. The van der Waals surface area contributed by atoms with E-state index in [1.54, 1.807) is 6.07 Å². The van der Waals surface area contributed by atoms with Crippen molar-refractivity contribution < 1.29 is 9.50 Å². The van der Waals surface area contributed by atoms with Crippen LogP contribution in [0.5, 0.6) is 0 Å². The van der Waals surface area contributed by atoms with Crippen molar-refractivity contribution >= 4 is 5.69 Å². The Balaban J connectivity index is 3.28. The van der Waals surface area contributed by atoms with E-state index in [9.17, 15) is 4.39 Å². The summed E-state index contributed by atoms with van der Waals surface area (Å²) >= 11 is 0. The van der Waals surface area contributed by atoms with Crippen molar-refractivity contribution in [1.82, 2.24) is 0 Å². The molecule has 0 saturated carbocycles. The van der Waals surface area contributed by atoms with Gasteiger partial charge < -0.3 is 16.6 Å². The second kappa shape index (κ2) is 3.32. The molecule has 3 nitrogen and oxygen atoms in total. The fourth-order valence-corrected chi connectivity index (χ4v) is 1.22. The smallest absolute Gasteiger partial charge is 0.130 e. The molecule has 72 valence electrons. The Morgan fingerprint density at radius 3 is 2.62 bits per heavy atom. The normalized spacial score (nSPS) is 15.4. The van der Waals surface area contributed by atoms with E-state index in [2.05, 4.69) is 0 Å². The number of aliphatic hydroxyl groups is 1. The monoisotopic (exact) mass is 184 g/mol. The fraction of sp³-hybridized carbons (Fsp3) is 0.333. The molecule has 0 spiro atoms. The summed E-state index contributed by atoms with van der Waals surface area (Å²) in [6.07, 6.45) is 0. The third kappa shape index (κ3) is 1.79. The van der Waals surface area contributed by atoms with Crippen LogP contribution in [0.15, 0.2) is 18.2 Å². The lowest BCUT2D eigenvalue weighted by Crippen LogP contribution is -2.38. The molecule has 1 aromatic carbocycles. The second-order valence-corrected chi connectivity index (χ2v) is 3.28. The van der Waals surface area contributed by atoms with E-state index in [1.165, 1.54) is 19.1 Å². The largest absolute Gasteiger partial charge is 0.398 e. The highest BCUT2D eigenvalue weighted by atomic mass is 19.1. The standard InChI is InChI=1S/C9H13FN2O/c1-9(12,5-13)8-6(10)3-2-4-7(8)11/h2-4,13H,5,11-12H2,1H3. The first-order chi connectivity index (χ1) is 5.99. The van der Waals surface area contributed by atoms with Gasteiger partial charge in [0.1, 0.15) is 5.82 Å². The summed E-state index contributed by atoms with van der Waals surface area (Å²) in [5.74, 6) is -0.487. The maximum atomic E-state index is 13.3. The summed E-state index contributed by atoms with van der Waals surface area (Å²) in [5.41, 5.74) is 10.5. The van der Waals surface area contributed by atoms with Crippen LogP contribution in [0.2, 0.25) is 0 Å². The summed E-state index contributed by atoms with van der Waals surface area (Å²) in [6, 6.07) is 4.33. The Morgan fingerprint density at radius 2 is 2.15 bits per heavy atom. The molecule has 0 aliphatic rings. The topological polar surface area (TPSA) is 72.3 Å². The quantitative estimate of drug-likeness (QED) is 0.588. The van der Waals surface area contributed by atoms with Gasteiger partial charge in [-0.15, -0.1) is 0 Å². The van der Waals surface area contributed by atoms with Gasteiger partial charge in [0.2, 0.25) is 0 Å². The number of hydrogen-bond acceptors (Lipinski definition) is 3. The zero-order chi connectivity index (χ0) is 10.1. The van der Waals surface area contributed by atoms with Gasteiger partial charge in [0.25, 0.3) is 0 Å². The summed E-state index contributed by atoms with van der Waals surface area (Å²) in [5, 5.41) is 8.95. The average molecular weight is 184 g/mol. The number of nitrogen functional groups attached to an aromatic ring is 1. The zero-order valence-corrected chi connectivity index (χ0v) is 7.42. The van der Waals surface area contributed by atoms with Crippen LogP contribution in [-0.4, -0.2) is 11.7 Å². The van der Waals surface area contributed by atoms with Crippen LogP contribution in [-0.2, 0) is 5.54 Å². The zero-order valence-electron chi connectivity index (χ0n) is 7.42. The third-order valence-corrected chi connectivity index (χ3v) is 1.95. The molecule has 0 saturated heterocycles. The van der Waals surface area contributed by atoms with Crippen molar-refractivity contribution in [3.63, 3.8) is 0 Å². The molecule has 0 radical (unpaired) electrons. The minimum atomic E-state index is -1.13. The minimum Gasteiger partial charge on any atom is -0.398 e. The first-order valence-electron chi connectivity index (χ1n) is 3.93. The predicted octanol–water partition coefficient (Wildman–Crippen LogP) is 0.574. The van der Waals surface area contributed by atoms with Gasteiger partial charge in [-0.05, 0) is 19.1 Å². The Labute approximate surface area is 76.2 Å². The fourth-order valence-electron chi connectivity index (χ4n) is 1.22. The number of nitrogens with two attached hydrogens (primary N) is 2. The SMILES string of the molecule is CC(N)(CO)c1c(N)cccc1F. The van der Waals surface area contributed by atoms with Crippen molar-refractivity contribution in [2.45, 2.75) is 12.5 Å². The molecule has 4 heteroatoms. The van der Waals surface area contributed by atoms with Crippen LogP contribution in [0, 0.1) is 5.82 Å². The summed E-state index contributed by atoms with van der Waals surface area (Å²) < 4.78 is 13.3. The average Bonchev–Trinajstić information content (AvgIpc) is 2.03. The van der Waals surface area contributed by atoms with E-state index in [0.29, 0.717) is 0 Å². The number of aliphatic hydroxyl groups excluding tert-OH is 1. The summed E-state index contributed by atoms with van der Waals surface area (Å²) in [7, 11) is 0. The predicted molar refractivity (Wildman–Crippen MR) is 49.4 cm³/mol. The van der Waals surface area contributed by atoms with E-state index >= 15 is 0 Å². The van der Waals surface area contributed by atoms with Gasteiger partial charge in [-0.2, -0.15) is 0 Å². The van der Waals surface area contributed by atoms with Crippen LogP contribution >= 0.6 is 0 Å².